The molecule has 0 aliphatic carbocycles. The molecule has 98 valence electrons. The Morgan fingerprint density at radius 1 is 1.44 bits per heavy atom. The highest BCUT2D eigenvalue weighted by Crippen LogP contribution is 2.23. The normalized spacial score (nSPS) is 9.94. The number of phenols is 1. The molecule has 0 heterocycles. The van der Waals surface area contributed by atoms with Gasteiger partial charge in [-0.25, -0.2) is 0 Å². The molecule has 0 fully saturated rings. The van der Waals surface area contributed by atoms with Crippen LogP contribution < -0.4 is 5.32 Å². The Kier molecular flexibility index (Phi) is 4.97. The van der Waals surface area contributed by atoms with Gasteiger partial charge in [-0.15, -0.1) is 0 Å². The monoisotopic (exact) mass is 270 g/mol. The maximum Gasteiger partial charge on any atom is 0.251 e. The summed E-state index contributed by atoms with van der Waals surface area (Å²) < 4.78 is 0. The van der Waals surface area contributed by atoms with E-state index in [1.54, 1.807) is 7.05 Å². The number of phenolic OH excluding ortho intramolecular Hbond substituents is 1. The summed E-state index contributed by atoms with van der Waals surface area (Å²) >= 11 is 5.69. The van der Waals surface area contributed by atoms with Crippen molar-refractivity contribution in [3.63, 3.8) is 0 Å². The van der Waals surface area contributed by atoms with E-state index in [2.05, 4.69) is 5.32 Å². The first kappa shape index (κ1) is 14.3. The molecule has 0 saturated heterocycles. The molecule has 0 radical (unpaired) electrons. The van der Waals surface area contributed by atoms with Gasteiger partial charge in [0, 0.05) is 19.2 Å². The van der Waals surface area contributed by atoms with E-state index in [0.717, 1.165) is 0 Å². The summed E-state index contributed by atoms with van der Waals surface area (Å²) in [5.41, 5.74) is 0.296. The lowest BCUT2D eigenvalue weighted by molar-refractivity contribution is -0.128. The van der Waals surface area contributed by atoms with Crippen molar-refractivity contribution in [3.8, 4) is 5.75 Å². The van der Waals surface area contributed by atoms with Gasteiger partial charge in [-0.2, -0.15) is 0 Å². The molecule has 0 spiro atoms. The SMILES string of the molecule is CCN(C)C(=O)CNC(=O)c1ccc(O)c(Cl)c1. The second-order valence-corrected chi connectivity index (χ2v) is 4.16. The van der Waals surface area contributed by atoms with Crippen LogP contribution in [0.1, 0.15) is 17.3 Å². The number of hydrogen-bond donors (Lipinski definition) is 2. The largest absolute Gasteiger partial charge is 0.506 e. The minimum Gasteiger partial charge on any atom is -0.506 e. The standard InChI is InChI=1S/C12H15ClN2O3/c1-3-15(2)11(17)7-14-12(18)8-4-5-10(16)9(13)6-8/h4-6,16H,3,7H2,1-2H3,(H,14,18). The van der Waals surface area contributed by atoms with Crippen molar-refractivity contribution in [1.29, 1.82) is 0 Å². The molecule has 0 aliphatic rings. The van der Waals surface area contributed by atoms with E-state index in [1.165, 1.54) is 23.1 Å². The lowest BCUT2D eigenvalue weighted by atomic mass is 10.2. The molecule has 1 aromatic rings. The molecule has 6 heteroatoms. The van der Waals surface area contributed by atoms with Gasteiger partial charge in [0.15, 0.2) is 0 Å². The highest BCUT2D eigenvalue weighted by molar-refractivity contribution is 6.32. The Bertz CT molecular complexity index is 463. The van der Waals surface area contributed by atoms with E-state index in [0.29, 0.717) is 12.1 Å². The molecule has 1 aromatic carbocycles. The van der Waals surface area contributed by atoms with E-state index in [-0.39, 0.29) is 23.2 Å². The van der Waals surface area contributed by atoms with Crippen LogP contribution in [0.2, 0.25) is 5.02 Å². The summed E-state index contributed by atoms with van der Waals surface area (Å²) in [4.78, 5) is 24.7. The zero-order valence-electron chi connectivity index (χ0n) is 10.2. The number of aromatic hydroxyl groups is 1. The van der Waals surface area contributed by atoms with Crippen LogP contribution in [0, 0.1) is 0 Å². The fourth-order valence-corrected chi connectivity index (χ4v) is 1.40. The first-order valence-electron chi connectivity index (χ1n) is 5.46. The molecule has 0 atom stereocenters. The number of carbonyl (C=O) groups excluding carboxylic acids is 2. The van der Waals surface area contributed by atoms with Crippen molar-refractivity contribution in [1.82, 2.24) is 10.2 Å². The Hall–Kier alpha value is -1.75. The van der Waals surface area contributed by atoms with Gasteiger partial charge in [0.05, 0.1) is 11.6 Å². The van der Waals surface area contributed by atoms with Gasteiger partial charge >= 0.3 is 0 Å². The molecular formula is C12H15ClN2O3. The Balaban J connectivity index is 2.60. The van der Waals surface area contributed by atoms with E-state index >= 15 is 0 Å². The molecule has 2 N–H and O–H groups in total. The maximum absolute atomic E-state index is 11.7. The van der Waals surface area contributed by atoms with E-state index < -0.39 is 5.91 Å². The van der Waals surface area contributed by atoms with Crippen LogP contribution in [0.15, 0.2) is 18.2 Å². The van der Waals surface area contributed by atoms with Crippen molar-refractivity contribution in [2.75, 3.05) is 20.1 Å². The zero-order valence-corrected chi connectivity index (χ0v) is 11.0. The van der Waals surface area contributed by atoms with Gasteiger partial charge in [0.25, 0.3) is 5.91 Å². The number of likely N-dealkylation sites (N-methyl/N-ethyl adjacent to an activating group) is 1. The quantitative estimate of drug-likeness (QED) is 0.865. The number of carbonyl (C=O) groups is 2. The lowest BCUT2D eigenvalue weighted by Gasteiger charge is -2.14. The first-order valence-corrected chi connectivity index (χ1v) is 5.84. The van der Waals surface area contributed by atoms with Crippen LogP contribution >= 0.6 is 11.6 Å². The van der Waals surface area contributed by atoms with Gasteiger partial charge in [-0.05, 0) is 25.1 Å². The summed E-state index contributed by atoms with van der Waals surface area (Å²) in [7, 11) is 1.66. The number of halogens is 1. The van der Waals surface area contributed by atoms with Crippen molar-refractivity contribution < 1.29 is 14.7 Å². The van der Waals surface area contributed by atoms with Crippen molar-refractivity contribution in [2.24, 2.45) is 0 Å². The molecule has 0 bridgehead atoms. The predicted molar refractivity (Wildman–Crippen MR) is 68.8 cm³/mol. The molecular weight excluding hydrogens is 256 g/mol. The molecule has 0 aliphatic heterocycles. The smallest absolute Gasteiger partial charge is 0.251 e. The summed E-state index contributed by atoms with van der Waals surface area (Å²) in [6, 6.07) is 4.11. The van der Waals surface area contributed by atoms with Gasteiger partial charge in [-0.3, -0.25) is 9.59 Å². The van der Waals surface area contributed by atoms with Crippen LogP contribution in [0.4, 0.5) is 0 Å². The number of nitrogens with one attached hydrogen (secondary N) is 1. The average molecular weight is 271 g/mol. The van der Waals surface area contributed by atoms with Crippen LogP contribution in [0.5, 0.6) is 5.75 Å². The Labute approximate surface area is 110 Å². The average Bonchev–Trinajstić information content (AvgIpc) is 2.37. The van der Waals surface area contributed by atoms with E-state index in [4.69, 9.17) is 11.6 Å². The number of nitrogens with zero attached hydrogens (tertiary/aromatic N) is 1. The molecule has 0 unspecified atom stereocenters. The van der Waals surface area contributed by atoms with Gasteiger partial charge < -0.3 is 15.3 Å². The fourth-order valence-electron chi connectivity index (χ4n) is 1.22. The minimum absolute atomic E-state index is 0.0678. The molecule has 5 nitrogen and oxygen atoms in total. The van der Waals surface area contributed by atoms with Gasteiger partial charge in [0.2, 0.25) is 5.91 Å². The maximum atomic E-state index is 11.7. The highest BCUT2D eigenvalue weighted by Gasteiger charge is 2.11. The molecule has 18 heavy (non-hydrogen) atoms. The Morgan fingerprint density at radius 2 is 2.11 bits per heavy atom. The predicted octanol–water partition coefficient (Wildman–Crippen LogP) is 1.25. The second kappa shape index (κ2) is 6.26. The van der Waals surface area contributed by atoms with Crippen molar-refractivity contribution in [2.45, 2.75) is 6.92 Å². The number of benzene rings is 1. The van der Waals surface area contributed by atoms with Crippen molar-refractivity contribution in [3.05, 3.63) is 28.8 Å². The van der Waals surface area contributed by atoms with E-state index in [1.807, 2.05) is 6.92 Å². The third kappa shape index (κ3) is 3.63. The van der Waals surface area contributed by atoms with Crippen LogP contribution in [-0.4, -0.2) is 42.0 Å². The summed E-state index contributed by atoms with van der Waals surface area (Å²) in [6.45, 7) is 2.36. The second-order valence-electron chi connectivity index (χ2n) is 3.76. The minimum atomic E-state index is -0.408. The van der Waals surface area contributed by atoms with Gasteiger partial charge in [-0.1, -0.05) is 11.6 Å². The van der Waals surface area contributed by atoms with Crippen LogP contribution in [0.3, 0.4) is 0 Å². The first-order chi connectivity index (χ1) is 8.45. The highest BCUT2D eigenvalue weighted by atomic mass is 35.5. The summed E-state index contributed by atoms with van der Waals surface area (Å²) in [6.07, 6.45) is 0. The van der Waals surface area contributed by atoms with Crippen LogP contribution in [0.25, 0.3) is 0 Å². The third-order valence-electron chi connectivity index (χ3n) is 2.51. The molecule has 0 saturated carbocycles. The van der Waals surface area contributed by atoms with E-state index in [9.17, 15) is 14.7 Å². The fraction of sp³-hybridized carbons (Fsp3) is 0.333. The molecule has 0 aromatic heterocycles. The number of amides is 2. The molecule has 2 amide bonds. The number of hydrogen-bond acceptors (Lipinski definition) is 3. The number of rotatable bonds is 4. The lowest BCUT2D eigenvalue weighted by Crippen LogP contribution is -2.37. The topological polar surface area (TPSA) is 69.6 Å². The Morgan fingerprint density at radius 3 is 2.67 bits per heavy atom. The summed E-state index contributed by atoms with van der Waals surface area (Å²) in [5, 5.41) is 11.8. The third-order valence-corrected chi connectivity index (χ3v) is 2.81. The molecule has 1 rings (SSSR count). The van der Waals surface area contributed by atoms with Gasteiger partial charge in [0.1, 0.15) is 5.75 Å². The van der Waals surface area contributed by atoms with Crippen molar-refractivity contribution >= 4 is 23.4 Å². The van der Waals surface area contributed by atoms with Crippen LogP contribution in [-0.2, 0) is 4.79 Å². The summed E-state index contributed by atoms with van der Waals surface area (Å²) in [5.74, 6) is -0.666. The zero-order chi connectivity index (χ0) is 13.7.